The number of alkyl halides is 3. The van der Waals surface area contributed by atoms with Crippen LogP contribution in [0.1, 0.15) is 19.3 Å². The molecule has 1 rings (SSSR count). The Balaban J connectivity index is 2.22. The van der Waals surface area contributed by atoms with E-state index in [1.54, 1.807) is 0 Å². The first kappa shape index (κ1) is 11.3. The zero-order valence-electron chi connectivity index (χ0n) is 7.60. The van der Waals surface area contributed by atoms with E-state index in [1.807, 2.05) is 0 Å². The molecular formula is C8H13F3N2O. The largest absolute Gasteiger partial charge is 0.405 e. The van der Waals surface area contributed by atoms with Crippen LogP contribution in [-0.4, -0.2) is 24.7 Å². The molecule has 0 spiro atoms. The van der Waals surface area contributed by atoms with E-state index in [9.17, 15) is 18.0 Å². The van der Waals surface area contributed by atoms with E-state index in [2.05, 4.69) is 5.32 Å². The van der Waals surface area contributed by atoms with Gasteiger partial charge in [0.25, 0.3) is 0 Å². The topological polar surface area (TPSA) is 55.1 Å². The minimum atomic E-state index is -4.44. The van der Waals surface area contributed by atoms with Gasteiger partial charge in [0.2, 0.25) is 5.91 Å². The van der Waals surface area contributed by atoms with Crippen molar-refractivity contribution in [3.8, 4) is 0 Å². The maximum atomic E-state index is 11.9. The molecule has 0 aromatic heterocycles. The lowest BCUT2D eigenvalue weighted by Crippen LogP contribution is -2.48. The van der Waals surface area contributed by atoms with Gasteiger partial charge in [0.15, 0.2) is 0 Å². The van der Waals surface area contributed by atoms with Gasteiger partial charge in [0.1, 0.15) is 6.04 Å². The Morgan fingerprint density at radius 2 is 2.07 bits per heavy atom. The van der Waals surface area contributed by atoms with Crippen LogP contribution in [0.4, 0.5) is 13.2 Å². The van der Waals surface area contributed by atoms with E-state index >= 15 is 0 Å². The van der Waals surface area contributed by atoms with E-state index in [4.69, 9.17) is 5.73 Å². The van der Waals surface area contributed by atoms with Crippen molar-refractivity contribution < 1.29 is 18.0 Å². The van der Waals surface area contributed by atoms with Gasteiger partial charge < -0.3 is 11.1 Å². The first-order valence-electron chi connectivity index (χ1n) is 4.51. The van der Waals surface area contributed by atoms with Crippen LogP contribution in [0.3, 0.4) is 0 Å². The summed E-state index contributed by atoms with van der Waals surface area (Å²) < 4.78 is 35.8. The number of rotatable bonds is 3. The van der Waals surface area contributed by atoms with Crippen LogP contribution in [0.15, 0.2) is 0 Å². The van der Waals surface area contributed by atoms with Gasteiger partial charge in [-0.05, 0) is 12.8 Å². The molecule has 14 heavy (non-hydrogen) atoms. The molecule has 0 aromatic carbocycles. The van der Waals surface area contributed by atoms with Gasteiger partial charge in [0, 0.05) is 12.5 Å². The summed E-state index contributed by atoms with van der Waals surface area (Å²) in [6.45, 7) is -0.529. The molecule has 1 amide bonds. The maximum absolute atomic E-state index is 11.9. The molecule has 1 aliphatic carbocycles. The number of hydrogen-bond donors (Lipinski definition) is 2. The fourth-order valence-electron chi connectivity index (χ4n) is 1.14. The molecule has 0 aromatic rings. The number of hydrogen-bond acceptors (Lipinski definition) is 2. The number of nitrogens with two attached hydrogens (primary N) is 1. The smallest absolute Gasteiger partial charge is 0.354 e. The zero-order valence-corrected chi connectivity index (χ0v) is 7.60. The summed E-state index contributed by atoms with van der Waals surface area (Å²) in [6, 6.07) is -1.97. The van der Waals surface area contributed by atoms with Crippen LogP contribution < -0.4 is 11.1 Å². The van der Waals surface area contributed by atoms with Crippen LogP contribution in [0.25, 0.3) is 0 Å². The molecule has 0 saturated heterocycles. The molecule has 3 nitrogen and oxygen atoms in total. The Bertz CT molecular complexity index is 213. The highest BCUT2D eigenvalue weighted by atomic mass is 19.4. The third-order valence-electron chi connectivity index (χ3n) is 2.39. The third kappa shape index (κ3) is 2.87. The number of halogens is 3. The van der Waals surface area contributed by atoms with Gasteiger partial charge in [-0.3, -0.25) is 4.79 Å². The van der Waals surface area contributed by atoms with Crippen LogP contribution in [-0.2, 0) is 4.79 Å². The second-order valence-electron chi connectivity index (χ2n) is 3.52. The van der Waals surface area contributed by atoms with E-state index in [-0.39, 0.29) is 11.8 Å². The first-order valence-corrected chi connectivity index (χ1v) is 4.51. The molecule has 6 heteroatoms. The Kier molecular flexibility index (Phi) is 3.36. The van der Waals surface area contributed by atoms with Crippen LogP contribution in [0.5, 0.6) is 0 Å². The second kappa shape index (κ2) is 4.16. The minimum absolute atomic E-state index is 0.101. The van der Waals surface area contributed by atoms with Crippen molar-refractivity contribution in [2.45, 2.75) is 31.5 Å². The van der Waals surface area contributed by atoms with Gasteiger partial charge in [-0.2, -0.15) is 13.2 Å². The molecule has 1 fully saturated rings. The average molecular weight is 210 g/mol. The molecule has 0 radical (unpaired) electrons. The van der Waals surface area contributed by atoms with Gasteiger partial charge in [0.05, 0.1) is 0 Å². The van der Waals surface area contributed by atoms with Crippen molar-refractivity contribution in [2.24, 2.45) is 11.7 Å². The van der Waals surface area contributed by atoms with Crippen molar-refractivity contribution in [3.63, 3.8) is 0 Å². The normalized spacial score (nSPS) is 20.0. The Hall–Kier alpha value is -0.780. The molecule has 0 bridgehead atoms. The third-order valence-corrected chi connectivity index (χ3v) is 2.39. The molecule has 1 atom stereocenters. The molecule has 1 saturated carbocycles. The van der Waals surface area contributed by atoms with Crippen molar-refractivity contribution in [3.05, 3.63) is 0 Å². The average Bonchev–Trinajstić information content (AvgIpc) is 1.94. The quantitative estimate of drug-likeness (QED) is 0.723. The van der Waals surface area contributed by atoms with E-state index in [1.165, 1.54) is 0 Å². The Morgan fingerprint density at radius 1 is 1.50 bits per heavy atom. The van der Waals surface area contributed by atoms with Gasteiger partial charge in [-0.15, -0.1) is 0 Å². The maximum Gasteiger partial charge on any atom is 0.405 e. The van der Waals surface area contributed by atoms with Crippen LogP contribution in [0, 0.1) is 5.92 Å². The molecule has 0 heterocycles. The summed E-state index contributed by atoms with van der Waals surface area (Å²) in [7, 11) is 0. The molecule has 3 N–H and O–H groups in total. The van der Waals surface area contributed by atoms with E-state index in [0.29, 0.717) is 0 Å². The summed E-state index contributed by atoms with van der Waals surface area (Å²) in [5.74, 6) is -0.411. The lowest BCUT2D eigenvalue weighted by atomic mass is 9.85. The predicted molar refractivity (Wildman–Crippen MR) is 44.4 cm³/mol. The molecule has 82 valence electrons. The summed E-state index contributed by atoms with van der Waals surface area (Å²) in [5.41, 5.74) is 4.82. The molecule has 0 aliphatic heterocycles. The van der Waals surface area contributed by atoms with Crippen molar-refractivity contribution in [2.75, 3.05) is 6.54 Å². The highest BCUT2D eigenvalue weighted by molar-refractivity contribution is 5.79. The molecular weight excluding hydrogens is 197 g/mol. The monoisotopic (exact) mass is 210 g/mol. The number of carbonyl (C=O) groups is 1. The Labute approximate surface area is 79.8 Å². The van der Waals surface area contributed by atoms with Gasteiger partial charge in [-0.25, -0.2) is 0 Å². The lowest BCUT2D eigenvalue weighted by molar-refractivity contribution is -0.148. The van der Waals surface area contributed by atoms with Crippen molar-refractivity contribution in [1.82, 2.24) is 5.32 Å². The van der Waals surface area contributed by atoms with Gasteiger partial charge >= 0.3 is 6.18 Å². The highest BCUT2D eigenvalue weighted by Gasteiger charge is 2.37. The minimum Gasteiger partial charge on any atom is -0.354 e. The van der Waals surface area contributed by atoms with Crippen LogP contribution >= 0.6 is 0 Å². The predicted octanol–water partition coefficient (Wildman–Crippen LogP) is 0.792. The standard InChI is InChI=1S/C8H13F3N2O/c9-8(10,11)6(12)4-13-7(14)5-2-1-3-5/h5-6H,1-4,12H2,(H,13,14). The summed E-state index contributed by atoms with van der Waals surface area (Å²) >= 11 is 0. The summed E-state index contributed by atoms with van der Waals surface area (Å²) in [5, 5.41) is 2.21. The van der Waals surface area contributed by atoms with Crippen LogP contribution in [0.2, 0.25) is 0 Å². The molecule has 1 aliphatic rings. The fraction of sp³-hybridized carbons (Fsp3) is 0.875. The second-order valence-corrected chi connectivity index (χ2v) is 3.52. The van der Waals surface area contributed by atoms with Crippen molar-refractivity contribution in [1.29, 1.82) is 0 Å². The fourth-order valence-corrected chi connectivity index (χ4v) is 1.14. The SMILES string of the molecule is NC(CNC(=O)C1CCC1)C(F)(F)F. The van der Waals surface area contributed by atoms with Crippen molar-refractivity contribution >= 4 is 5.91 Å². The van der Waals surface area contributed by atoms with E-state index < -0.39 is 18.8 Å². The summed E-state index contributed by atoms with van der Waals surface area (Å²) in [6.07, 6.45) is -1.92. The first-order chi connectivity index (χ1) is 6.41. The highest BCUT2D eigenvalue weighted by Crippen LogP contribution is 2.26. The zero-order chi connectivity index (χ0) is 10.8. The number of amides is 1. The molecule has 1 unspecified atom stereocenters. The number of nitrogens with one attached hydrogen (secondary N) is 1. The lowest BCUT2D eigenvalue weighted by Gasteiger charge is -2.25. The van der Waals surface area contributed by atoms with E-state index in [0.717, 1.165) is 19.3 Å². The number of carbonyl (C=O) groups excluding carboxylic acids is 1. The van der Waals surface area contributed by atoms with Gasteiger partial charge in [-0.1, -0.05) is 6.42 Å². The summed E-state index contributed by atoms with van der Waals surface area (Å²) in [4.78, 5) is 11.1. The Morgan fingerprint density at radius 3 is 2.43 bits per heavy atom.